The van der Waals surface area contributed by atoms with E-state index >= 15 is 0 Å². The molecular formula is C24H23N5O2. The third-order valence-corrected chi connectivity index (χ3v) is 4.57. The zero-order valence-electron chi connectivity index (χ0n) is 17.6. The van der Waals surface area contributed by atoms with Crippen molar-refractivity contribution < 1.29 is 0 Å². The standard InChI is InChI=1S/C24H23N5O2/c1-24(2,3)29-20-19(21(30)22(20)31)27-18-13-14-25-23(28-18)26-17-11-9-16(10-12-17)15-7-5-4-6-8-15/h4-14,29H,1-3H3,(H2,25,26,27,28). The second-order valence-electron chi connectivity index (χ2n) is 8.24. The highest BCUT2D eigenvalue weighted by Crippen LogP contribution is 2.24. The highest BCUT2D eigenvalue weighted by atomic mass is 16.2. The molecule has 0 spiro atoms. The molecule has 0 unspecified atom stereocenters. The first-order valence-corrected chi connectivity index (χ1v) is 9.94. The van der Waals surface area contributed by atoms with E-state index in [0.29, 0.717) is 11.8 Å². The van der Waals surface area contributed by atoms with Crippen molar-refractivity contribution in [1.82, 2.24) is 9.97 Å². The molecule has 0 aliphatic heterocycles. The van der Waals surface area contributed by atoms with E-state index in [1.165, 1.54) is 0 Å². The van der Waals surface area contributed by atoms with Gasteiger partial charge < -0.3 is 16.0 Å². The van der Waals surface area contributed by atoms with Crippen LogP contribution < -0.4 is 26.8 Å². The Labute approximate surface area is 179 Å². The fraction of sp³-hybridized carbons (Fsp3) is 0.167. The van der Waals surface area contributed by atoms with Gasteiger partial charge in [-0.3, -0.25) is 9.59 Å². The molecule has 0 bridgehead atoms. The molecule has 3 aromatic carbocycles. The minimum absolute atomic E-state index is 0.219. The number of hydrogen-bond donors (Lipinski definition) is 3. The predicted molar refractivity (Wildman–Crippen MR) is 125 cm³/mol. The predicted octanol–water partition coefficient (Wildman–Crippen LogP) is 4.44. The van der Waals surface area contributed by atoms with E-state index in [9.17, 15) is 9.59 Å². The Morgan fingerprint density at radius 1 is 0.742 bits per heavy atom. The molecule has 7 heteroatoms. The number of aromatic nitrogens is 2. The number of hydrogen-bond acceptors (Lipinski definition) is 7. The van der Waals surface area contributed by atoms with Crippen LogP contribution in [-0.4, -0.2) is 15.5 Å². The summed E-state index contributed by atoms with van der Waals surface area (Å²) in [6, 6.07) is 19.7. The van der Waals surface area contributed by atoms with Gasteiger partial charge in [-0.15, -0.1) is 0 Å². The van der Waals surface area contributed by atoms with Gasteiger partial charge in [0, 0.05) is 17.4 Å². The van der Waals surface area contributed by atoms with Gasteiger partial charge in [-0.25, -0.2) is 4.98 Å². The van der Waals surface area contributed by atoms with E-state index < -0.39 is 10.9 Å². The van der Waals surface area contributed by atoms with Crippen molar-refractivity contribution in [1.29, 1.82) is 0 Å². The van der Waals surface area contributed by atoms with Crippen LogP contribution in [0.2, 0.25) is 0 Å². The largest absolute Gasteiger partial charge is 0.375 e. The van der Waals surface area contributed by atoms with Crippen LogP contribution in [0, 0.1) is 0 Å². The van der Waals surface area contributed by atoms with Crippen molar-refractivity contribution in [3.05, 3.63) is 87.3 Å². The highest BCUT2D eigenvalue weighted by Gasteiger charge is 2.25. The minimum Gasteiger partial charge on any atom is -0.375 e. The molecule has 4 aromatic rings. The van der Waals surface area contributed by atoms with E-state index in [1.54, 1.807) is 12.3 Å². The van der Waals surface area contributed by atoms with Crippen molar-refractivity contribution in [2.75, 3.05) is 16.0 Å². The number of nitrogens with zero attached hydrogens (tertiary/aromatic N) is 2. The second kappa shape index (κ2) is 8.02. The van der Waals surface area contributed by atoms with Crippen molar-refractivity contribution in [3.63, 3.8) is 0 Å². The fourth-order valence-corrected chi connectivity index (χ4v) is 3.13. The monoisotopic (exact) mass is 413 g/mol. The molecule has 0 saturated heterocycles. The lowest BCUT2D eigenvalue weighted by Gasteiger charge is -2.24. The summed E-state index contributed by atoms with van der Waals surface area (Å²) in [5.74, 6) is 0.795. The normalized spacial score (nSPS) is 11.3. The van der Waals surface area contributed by atoms with Crippen LogP contribution in [0.3, 0.4) is 0 Å². The molecule has 4 rings (SSSR count). The van der Waals surface area contributed by atoms with E-state index in [-0.39, 0.29) is 16.9 Å². The minimum atomic E-state index is -0.559. The number of benzene rings is 2. The smallest absolute Gasteiger partial charge is 0.253 e. The Morgan fingerprint density at radius 2 is 1.39 bits per heavy atom. The number of nitrogens with one attached hydrogen (secondary N) is 3. The Hall–Kier alpha value is -4.00. The maximum atomic E-state index is 12.0. The lowest BCUT2D eigenvalue weighted by atomic mass is 10.1. The van der Waals surface area contributed by atoms with Crippen molar-refractivity contribution in [2.45, 2.75) is 26.3 Å². The SMILES string of the molecule is CC(C)(C)Nc1c(Nc2ccnc(Nc3ccc(-c4ccccc4)cc3)n2)c(=O)c1=O. The maximum Gasteiger partial charge on any atom is 0.253 e. The average molecular weight is 413 g/mol. The van der Waals surface area contributed by atoms with Crippen LogP contribution in [0.5, 0.6) is 0 Å². The molecule has 3 N–H and O–H groups in total. The zero-order valence-corrected chi connectivity index (χ0v) is 17.6. The first-order chi connectivity index (χ1) is 14.8. The maximum absolute atomic E-state index is 12.0. The third-order valence-electron chi connectivity index (χ3n) is 4.57. The van der Waals surface area contributed by atoms with Gasteiger partial charge in [0.05, 0.1) is 0 Å². The van der Waals surface area contributed by atoms with Crippen LogP contribution in [0.15, 0.2) is 76.4 Å². The number of rotatable bonds is 6. The highest BCUT2D eigenvalue weighted by molar-refractivity contribution is 5.78. The quantitative estimate of drug-likeness (QED) is 0.402. The molecule has 0 radical (unpaired) electrons. The lowest BCUT2D eigenvalue weighted by molar-refractivity contribution is 0.632. The summed E-state index contributed by atoms with van der Waals surface area (Å²) >= 11 is 0. The van der Waals surface area contributed by atoms with Gasteiger partial charge in [0.1, 0.15) is 17.2 Å². The summed E-state index contributed by atoms with van der Waals surface area (Å²) in [5, 5.41) is 9.17. The summed E-state index contributed by atoms with van der Waals surface area (Å²) in [6.07, 6.45) is 1.58. The topological polar surface area (TPSA) is 96.0 Å². The van der Waals surface area contributed by atoms with Gasteiger partial charge in [-0.05, 0) is 50.1 Å². The Balaban J connectivity index is 1.49. The van der Waals surface area contributed by atoms with Gasteiger partial charge in [-0.1, -0.05) is 42.5 Å². The van der Waals surface area contributed by atoms with Crippen LogP contribution in [0.25, 0.3) is 11.1 Å². The molecular weight excluding hydrogens is 390 g/mol. The van der Waals surface area contributed by atoms with Crippen LogP contribution in [0.1, 0.15) is 20.8 Å². The van der Waals surface area contributed by atoms with Crippen molar-refractivity contribution in [3.8, 4) is 11.1 Å². The molecule has 1 aromatic heterocycles. The molecule has 1 heterocycles. The first kappa shape index (κ1) is 20.3. The molecule has 0 amide bonds. The Kier molecular flexibility index (Phi) is 5.25. The lowest BCUT2D eigenvalue weighted by Crippen LogP contribution is -2.41. The van der Waals surface area contributed by atoms with Gasteiger partial charge in [0.15, 0.2) is 0 Å². The Bertz CT molecular complexity index is 1270. The molecule has 0 fully saturated rings. The van der Waals surface area contributed by atoms with Gasteiger partial charge in [-0.2, -0.15) is 4.98 Å². The second-order valence-corrected chi connectivity index (χ2v) is 8.24. The molecule has 156 valence electrons. The molecule has 0 saturated carbocycles. The fourth-order valence-electron chi connectivity index (χ4n) is 3.13. The van der Waals surface area contributed by atoms with Gasteiger partial charge in [0.2, 0.25) is 5.95 Å². The van der Waals surface area contributed by atoms with E-state index in [0.717, 1.165) is 16.8 Å². The van der Waals surface area contributed by atoms with E-state index in [2.05, 4.69) is 38.1 Å². The summed E-state index contributed by atoms with van der Waals surface area (Å²) in [5.41, 5.74) is 2.16. The zero-order chi connectivity index (χ0) is 22.0. The Morgan fingerprint density at radius 3 is 2.06 bits per heavy atom. The van der Waals surface area contributed by atoms with Crippen molar-refractivity contribution >= 4 is 28.8 Å². The summed E-state index contributed by atoms with van der Waals surface area (Å²) in [6.45, 7) is 5.76. The molecule has 31 heavy (non-hydrogen) atoms. The summed E-state index contributed by atoms with van der Waals surface area (Å²) in [4.78, 5) is 32.6. The average Bonchev–Trinajstić information content (AvgIpc) is 2.76. The first-order valence-electron chi connectivity index (χ1n) is 9.94. The summed E-state index contributed by atoms with van der Waals surface area (Å²) in [7, 11) is 0. The summed E-state index contributed by atoms with van der Waals surface area (Å²) < 4.78 is 0. The van der Waals surface area contributed by atoms with Crippen molar-refractivity contribution in [2.24, 2.45) is 0 Å². The van der Waals surface area contributed by atoms with Crippen LogP contribution in [0.4, 0.5) is 28.8 Å². The van der Waals surface area contributed by atoms with E-state index in [4.69, 9.17) is 0 Å². The molecule has 0 aliphatic carbocycles. The molecule has 0 aliphatic rings. The third kappa shape index (κ3) is 4.61. The molecule has 7 nitrogen and oxygen atoms in total. The van der Waals surface area contributed by atoms with Gasteiger partial charge >= 0.3 is 0 Å². The van der Waals surface area contributed by atoms with E-state index in [1.807, 2.05) is 63.2 Å². The van der Waals surface area contributed by atoms with Gasteiger partial charge in [0.25, 0.3) is 10.9 Å². The number of anilines is 5. The van der Waals surface area contributed by atoms with Crippen LogP contribution >= 0.6 is 0 Å². The van der Waals surface area contributed by atoms with Crippen LogP contribution in [-0.2, 0) is 0 Å². The molecule has 0 atom stereocenters.